The van der Waals surface area contributed by atoms with Gasteiger partial charge in [0.25, 0.3) is 5.92 Å². The molecule has 0 saturated carbocycles. The number of hydrogen-bond acceptors (Lipinski definition) is 2. The van der Waals surface area contributed by atoms with Gasteiger partial charge < -0.3 is 10.8 Å². The largest absolute Gasteiger partial charge is 0.390 e. The molecule has 0 spiro atoms. The van der Waals surface area contributed by atoms with Gasteiger partial charge in [-0.25, -0.2) is 4.39 Å². The van der Waals surface area contributed by atoms with E-state index in [1.54, 1.807) is 0 Å². The van der Waals surface area contributed by atoms with Crippen molar-refractivity contribution in [1.82, 2.24) is 0 Å². The van der Waals surface area contributed by atoms with Crippen molar-refractivity contribution >= 4 is 0 Å². The van der Waals surface area contributed by atoms with Gasteiger partial charge in [-0.05, 0) is 24.6 Å². The lowest BCUT2D eigenvalue weighted by molar-refractivity contribution is -0.0583. The van der Waals surface area contributed by atoms with E-state index in [0.717, 1.165) is 6.07 Å². The van der Waals surface area contributed by atoms with Crippen LogP contribution in [0.5, 0.6) is 0 Å². The minimum atomic E-state index is -3.55. The van der Waals surface area contributed by atoms with Crippen LogP contribution in [-0.4, -0.2) is 18.3 Å². The molecule has 0 fully saturated rings. The Hall–Kier alpha value is -1.07. The summed E-state index contributed by atoms with van der Waals surface area (Å²) in [5, 5.41) is 8.45. The normalized spacial score (nSPS) is 11.8. The lowest BCUT2D eigenvalue weighted by Crippen LogP contribution is -2.21. The molecular formula is C10H12F3NO. The first-order chi connectivity index (χ1) is 7.03. The van der Waals surface area contributed by atoms with Crippen molar-refractivity contribution in [2.24, 2.45) is 5.73 Å². The molecule has 0 aromatic heterocycles. The van der Waals surface area contributed by atoms with Gasteiger partial charge in [0.2, 0.25) is 0 Å². The van der Waals surface area contributed by atoms with Gasteiger partial charge >= 0.3 is 0 Å². The van der Waals surface area contributed by atoms with Gasteiger partial charge in [-0.1, -0.05) is 12.1 Å². The van der Waals surface area contributed by atoms with E-state index in [9.17, 15) is 13.2 Å². The van der Waals surface area contributed by atoms with Crippen molar-refractivity contribution in [1.29, 1.82) is 0 Å². The van der Waals surface area contributed by atoms with Crippen LogP contribution in [0.4, 0.5) is 13.2 Å². The van der Waals surface area contributed by atoms with Gasteiger partial charge in [0, 0.05) is 0 Å². The Labute approximate surface area is 85.5 Å². The van der Waals surface area contributed by atoms with Gasteiger partial charge in [0.1, 0.15) is 12.4 Å². The van der Waals surface area contributed by atoms with Crippen LogP contribution in [-0.2, 0) is 12.3 Å². The maximum atomic E-state index is 13.5. The highest BCUT2D eigenvalue weighted by atomic mass is 19.3. The molecule has 1 aromatic rings. The number of aliphatic hydroxyl groups excluding tert-OH is 1. The smallest absolute Gasteiger partial charge is 0.298 e. The molecule has 0 aliphatic heterocycles. The van der Waals surface area contributed by atoms with Crippen LogP contribution in [0.3, 0.4) is 0 Å². The average Bonchev–Trinajstić information content (AvgIpc) is 2.21. The van der Waals surface area contributed by atoms with Gasteiger partial charge in [-0.15, -0.1) is 0 Å². The maximum Gasteiger partial charge on any atom is 0.298 e. The predicted octanol–water partition coefficient (Wildman–Crippen LogP) is 1.41. The number of aliphatic hydroxyl groups is 1. The molecule has 5 heteroatoms. The predicted molar refractivity (Wildman–Crippen MR) is 50.1 cm³/mol. The van der Waals surface area contributed by atoms with Gasteiger partial charge in [-0.2, -0.15) is 8.78 Å². The molecular weight excluding hydrogens is 207 g/mol. The number of hydrogen-bond donors (Lipinski definition) is 2. The molecule has 0 saturated heterocycles. The minimum Gasteiger partial charge on any atom is -0.390 e. The van der Waals surface area contributed by atoms with E-state index < -0.39 is 23.9 Å². The zero-order valence-corrected chi connectivity index (χ0v) is 8.01. The van der Waals surface area contributed by atoms with Crippen LogP contribution in [0, 0.1) is 5.82 Å². The minimum absolute atomic E-state index is 0.142. The van der Waals surface area contributed by atoms with Crippen molar-refractivity contribution in [3.63, 3.8) is 0 Å². The zero-order valence-electron chi connectivity index (χ0n) is 8.01. The van der Waals surface area contributed by atoms with E-state index >= 15 is 0 Å². The fourth-order valence-electron chi connectivity index (χ4n) is 1.30. The topological polar surface area (TPSA) is 46.2 Å². The number of halogens is 3. The lowest BCUT2D eigenvalue weighted by atomic mass is 10.0. The van der Waals surface area contributed by atoms with Gasteiger partial charge in [0.15, 0.2) is 0 Å². The third-order valence-corrected chi connectivity index (χ3v) is 2.09. The summed E-state index contributed by atoms with van der Waals surface area (Å²) in [6.07, 6.45) is 0.196. The Morgan fingerprint density at radius 2 is 2.00 bits per heavy atom. The van der Waals surface area contributed by atoms with Crippen LogP contribution in [0.15, 0.2) is 18.2 Å². The summed E-state index contributed by atoms with van der Waals surface area (Å²) in [6.45, 7) is -1.22. The third kappa shape index (κ3) is 2.49. The summed E-state index contributed by atoms with van der Waals surface area (Å²) in [4.78, 5) is 0. The first-order valence-corrected chi connectivity index (χ1v) is 4.49. The fraction of sp³-hybridized carbons (Fsp3) is 0.400. The highest BCUT2D eigenvalue weighted by molar-refractivity contribution is 5.29. The molecule has 1 aromatic carbocycles. The number of nitrogens with two attached hydrogens (primary N) is 1. The highest BCUT2D eigenvalue weighted by Crippen LogP contribution is 2.30. The monoisotopic (exact) mass is 219 g/mol. The SMILES string of the molecule is NCCc1cccc(C(F)(F)CO)c1F. The van der Waals surface area contributed by atoms with E-state index in [0.29, 0.717) is 0 Å². The second-order valence-electron chi connectivity index (χ2n) is 3.18. The van der Waals surface area contributed by atoms with Crippen molar-refractivity contribution in [3.05, 3.63) is 35.1 Å². The van der Waals surface area contributed by atoms with Crippen molar-refractivity contribution in [2.75, 3.05) is 13.2 Å². The first kappa shape index (κ1) is 12.0. The van der Waals surface area contributed by atoms with E-state index in [1.165, 1.54) is 12.1 Å². The summed E-state index contributed by atoms with van der Waals surface area (Å²) in [6, 6.07) is 3.69. The lowest BCUT2D eigenvalue weighted by Gasteiger charge is -2.15. The third-order valence-electron chi connectivity index (χ3n) is 2.09. The fourth-order valence-corrected chi connectivity index (χ4v) is 1.30. The van der Waals surface area contributed by atoms with Crippen LogP contribution < -0.4 is 5.73 Å². The maximum absolute atomic E-state index is 13.5. The van der Waals surface area contributed by atoms with Gasteiger partial charge in [-0.3, -0.25) is 0 Å². The quantitative estimate of drug-likeness (QED) is 0.804. The molecule has 0 atom stereocenters. The molecule has 2 nitrogen and oxygen atoms in total. The molecule has 3 N–H and O–H groups in total. The van der Waals surface area contributed by atoms with Crippen LogP contribution in [0.25, 0.3) is 0 Å². The van der Waals surface area contributed by atoms with E-state index in [4.69, 9.17) is 10.8 Å². The Bertz CT molecular complexity index is 341. The Kier molecular flexibility index (Phi) is 3.71. The summed E-state index contributed by atoms with van der Waals surface area (Å²) >= 11 is 0. The molecule has 0 bridgehead atoms. The van der Waals surface area contributed by atoms with Crippen LogP contribution >= 0.6 is 0 Å². The second-order valence-corrected chi connectivity index (χ2v) is 3.18. The van der Waals surface area contributed by atoms with E-state index in [-0.39, 0.29) is 18.5 Å². The summed E-state index contributed by atoms with van der Waals surface area (Å²) in [5.41, 5.74) is 4.58. The number of alkyl halides is 2. The average molecular weight is 219 g/mol. The Balaban J connectivity index is 3.15. The summed E-state index contributed by atoms with van der Waals surface area (Å²) in [7, 11) is 0. The highest BCUT2D eigenvalue weighted by Gasteiger charge is 2.34. The molecule has 0 amide bonds. The Morgan fingerprint density at radius 3 is 2.53 bits per heavy atom. The molecule has 0 radical (unpaired) electrons. The summed E-state index contributed by atoms with van der Waals surface area (Å²) < 4.78 is 39.6. The first-order valence-electron chi connectivity index (χ1n) is 4.49. The standard InChI is InChI=1S/C10H12F3NO/c11-9-7(4-5-14)2-1-3-8(9)10(12,13)6-15/h1-3,15H,4-6,14H2. The molecule has 0 aliphatic rings. The van der Waals surface area contributed by atoms with Crippen LogP contribution in [0.2, 0.25) is 0 Å². The second kappa shape index (κ2) is 4.63. The van der Waals surface area contributed by atoms with Crippen molar-refractivity contribution in [2.45, 2.75) is 12.3 Å². The molecule has 15 heavy (non-hydrogen) atoms. The zero-order chi connectivity index (χ0) is 11.5. The van der Waals surface area contributed by atoms with Gasteiger partial charge in [0.05, 0.1) is 5.56 Å². The number of rotatable bonds is 4. The molecule has 0 unspecified atom stereocenters. The molecule has 1 rings (SSSR count). The summed E-state index contributed by atoms with van der Waals surface area (Å²) in [5.74, 6) is -4.53. The van der Waals surface area contributed by atoms with E-state index in [2.05, 4.69) is 0 Å². The molecule has 84 valence electrons. The number of benzene rings is 1. The van der Waals surface area contributed by atoms with Crippen molar-refractivity contribution < 1.29 is 18.3 Å². The Morgan fingerprint density at radius 1 is 1.33 bits per heavy atom. The van der Waals surface area contributed by atoms with Crippen molar-refractivity contribution in [3.8, 4) is 0 Å². The van der Waals surface area contributed by atoms with E-state index in [1.807, 2.05) is 0 Å². The molecule has 0 heterocycles. The van der Waals surface area contributed by atoms with Crippen LogP contribution in [0.1, 0.15) is 11.1 Å². The molecule has 0 aliphatic carbocycles.